The zero-order valence-electron chi connectivity index (χ0n) is 10.1. The Labute approximate surface area is 114 Å². The van der Waals surface area contributed by atoms with Crippen molar-refractivity contribution in [3.63, 3.8) is 0 Å². The third-order valence-electron chi connectivity index (χ3n) is 2.36. The second-order valence-corrected chi connectivity index (χ2v) is 5.53. The monoisotopic (exact) mass is 287 g/mol. The van der Waals surface area contributed by atoms with Crippen molar-refractivity contribution < 1.29 is 9.26 Å². The van der Waals surface area contributed by atoms with E-state index in [4.69, 9.17) is 20.9 Å². The first-order chi connectivity index (χ1) is 8.69. The predicted octanol–water partition coefficient (Wildman–Crippen LogP) is 2.78. The van der Waals surface area contributed by atoms with Crippen LogP contribution in [0.3, 0.4) is 0 Å². The molecule has 98 valence electrons. The van der Waals surface area contributed by atoms with Crippen molar-refractivity contribution in [3.05, 3.63) is 33.1 Å². The zero-order chi connectivity index (χ0) is 13.0. The van der Waals surface area contributed by atoms with Gasteiger partial charge in [0, 0.05) is 18.0 Å². The second kappa shape index (κ2) is 6.29. The van der Waals surface area contributed by atoms with Gasteiger partial charge in [-0.3, -0.25) is 0 Å². The molecule has 0 radical (unpaired) electrons. The SMILES string of the molecule is COCc1noc(CNC(C)c2ccc(Cl)s2)n1. The van der Waals surface area contributed by atoms with E-state index in [0.29, 0.717) is 24.9 Å². The average Bonchev–Trinajstić information content (AvgIpc) is 2.96. The molecule has 1 unspecified atom stereocenters. The summed E-state index contributed by atoms with van der Waals surface area (Å²) in [6.45, 7) is 2.95. The van der Waals surface area contributed by atoms with Crippen molar-refractivity contribution in [1.82, 2.24) is 15.5 Å². The van der Waals surface area contributed by atoms with E-state index >= 15 is 0 Å². The molecule has 0 saturated carbocycles. The first kappa shape index (κ1) is 13.5. The lowest BCUT2D eigenvalue weighted by molar-refractivity contribution is 0.174. The quantitative estimate of drug-likeness (QED) is 0.885. The first-order valence-corrected chi connectivity index (χ1v) is 6.67. The number of ether oxygens (including phenoxy) is 1. The summed E-state index contributed by atoms with van der Waals surface area (Å²) in [5, 5.41) is 7.09. The van der Waals surface area contributed by atoms with Crippen molar-refractivity contribution in [1.29, 1.82) is 0 Å². The highest BCUT2D eigenvalue weighted by Crippen LogP contribution is 2.26. The minimum atomic E-state index is 0.195. The van der Waals surface area contributed by atoms with E-state index in [1.54, 1.807) is 18.4 Å². The van der Waals surface area contributed by atoms with Crippen LogP contribution in [0.5, 0.6) is 0 Å². The van der Waals surface area contributed by atoms with Crippen molar-refractivity contribution in [2.24, 2.45) is 0 Å². The van der Waals surface area contributed by atoms with Crippen LogP contribution in [-0.4, -0.2) is 17.3 Å². The van der Waals surface area contributed by atoms with Crippen molar-refractivity contribution in [2.75, 3.05) is 7.11 Å². The predicted molar refractivity (Wildman–Crippen MR) is 69.6 cm³/mol. The Morgan fingerprint density at radius 2 is 2.39 bits per heavy atom. The Kier molecular flexibility index (Phi) is 4.71. The molecule has 5 nitrogen and oxygen atoms in total. The molecular weight excluding hydrogens is 274 g/mol. The fraction of sp³-hybridized carbons (Fsp3) is 0.455. The highest BCUT2D eigenvalue weighted by molar-refractivity contribution is 7.16. The summed E-state index contributed by atoms with van der Waals surface area (Å²) in [5.41, 5.74) is 0. The highest BCUT2D eigenvalue weighted by Gasteiger charge is 2.10. The number of nitrogens with one attached hydrogen (secondary N) is 1. The lowest BCUT2D eigenvalue weighted by atomic mass is 10.3. The maximum atomic E-state index is 5.90. The van der Waals surface area contributed by atoms with Gasteiger partial charge in [-0.15, -0.1) is 11.3 Å². The van der Waals surface area contributed by atoms with E-state index in [2.05, 4.69) is 22.4 Å². The van der Waals surface area contributed by atoms with Crippen molar-refractivity contribution in [3.8, 4) is 0 Å². The fourth-order valence-electron chi connectivity index (χ4n) is 1.45. The minimum Gasteiger partial charge on any atom is -0.377 e. The molecule has 2 aromatic heterocycles. The summed E-state index contributed by atoms with van der Waals surface area (Å²) in [7, 11) is 1.59. The number of halogens is 1. The minimum absolute atomic E-state index is 0.195. The van der Waals surface area contributed by atoms with E-state index in [0.717, 1.165) is 4.34 Å². The molecule has 1 N–H and O–H groups in total. The van der Waals surface area contributed by atoms with Crippen LogP contribution >= 0.6 is 22.9 Å². The molecule has 0 saturated heterocycles. The Bertz CT molecular complexity index is 500. The van der Waals surface area contributed by atoms with Gasteiger partial charge in [-0.05, 0) is 19.1 Å². The maximum Gasteiger partial charge on any atom is 0.240 e. The van der Waals surface area contributed by atoms with Crippen LogP contribution in [-0.2, 0) is 17.9 Å². The normalized spacial score (nSPS) is 12.8. The second-order valence-electron chi connectivity index (χ2n) is 3.78. The van der Waals surface area contributed by atoms with Crippen LogP contribution in [0.1, 0.15) is 29.6 Å². The number of methoxy groups -OCH3 is 1. The molecule has 0 fully saturated rings. The van der Waals surface area contributed by atoms with E-state index in [1.807, 2.05) is 12.1 Å². The van der Waals surface area contributed by atoms with Crippen molar-refractivity contribution in [2.45, 2.75) is 26.1 Å². The molecule has 2 aromatic rings. The van der Waals surface area contributed by atoms with Gasteiger partial charge >= 0.3 is 0 Å². The van der Waals surface area contributed by atoms with Crippen molar-refractivity contribution >= 4 is 22.9 Å². The number of aromatic nitrogens is 2. The number of hydrogen-bond donors (Lipinski definition) is 1. The topological polar surface area (TPSA) is 60.2 Å². The molecule has 0 spiro atoms. The molecule has 0 aliphatic carbocycles. The smallest absolute Gasteiger partial charge is 0.240 e. The summed E-state index contributed by atoms with van der Waals surface area (Å²) >= 11 is 7.46. The molecule has 0 aliphatic rings. The average molecular weight is 288 g/mol. The van der Waals surface area contributed by atoms with Crippen LogP contribution in [0.2, 0.25) is 4.34 Å². The number of hydrogen-bond acceptors (Lipinski definition) is 6. The van der Waals surface area contributed by atoms with Crippen LogP contribution in [0.4, 0.5) is 0 Å². The molecule has 1 atom stereocenters. The van der Waals surface area contributed by atoms with E-state index < -0.39 is 0 Å². The molecule has 18 heavy (non-hydrogen) atoms. The molecule has 0 bridgehead atoms. The summed E-state index contributed by atoms with van der Waals surface area (Å²) in [4.78, 5) is 5.36. The molecule has 0 aromatic carbocycles. The molecule has 0 aliphatic heterocycles. The molecule has 0 amide bonds. The van der Waals surface area contributed by atoms with E-state index in [9.17, 15) is 0 Å². The summed E-state index contributed by atoms with van der Waals surface area (Å²) < 4.78 is 10.8. The van der Waals surface area contributed by atoms with Gasteiger partial charge in [-0.1, -0.05) is 16.8 Å². The van der Waals surface area contributed by atoms with Gasteiger partial charge < -0.3 is 14.6 Å². The van der Waals surface area contributed by atoms with Gasteiger partial charge in [0.25, 0.3) is 0 Å². The molecule has 7 heteroatoms. The lowest BCUT2D eigenvalue weighted by Gasteiger charge is -2.09. The fourth-order valence-corrected chi connectivity index (χ4v) is 2.54. The van der Waals surface area contributed by atoms with E-state index in [1.165, 1.54) is 4.88 Å². The van der Waals surface area contributed by atoms with E-state index in [-0.39, 0.29) is 6.04 Å². The highest BCUT2D eigenvalue weighted by atomic mass is 35.5. The van der Waals surface area contributed by atoms with Gasteiger partial charge in [0.2, 0.25) is 5.89 Å². The molecule has 2 rings (SSSR count). The zero-order valence-corrected chi connectivity index (χ0v) is 11.7. The Balaban J connectivity index is 1.86. The van der Waals surface area contributed by atoms with Crippen LogP contribution < -0.4 is 5.32 Å². The van der Waals surface area contributed by atoms with Gasteiger partial charge in [0.15, 0.2) is 5.82 Å². The standard InChI is InChI=1S/C11H14ClN3O2S/c1-7(8-3-4-9(12)18-8)13-5-11-14-10(6-16-2)15-17-11/h3-4,7,13H,5-6H2,1-2H3. The van der Waals surface area contributed by atoms with Gasteiger partial charge in [-0.2, -0.15) is 4.98 Å². The first-order valence-electron chi connectivity index (χ1n) is 5.48. The summed E-state index contributed by atoms with van der Waals surface area (Å²) in [6.07, 6.45) is 0. The molecular formula is C11H14ClN3O2S. The number of nitrogens with zero attached hydrogens (tertiary/aromatic N) is 2. The van der Waals surface area contributed by atoms with Gasteiger partial charge in [0.05, 0.1) is 10.9 Å². The number of rotatable bonds is 6. The van der Waals surface area contributed by atoms with Gasteiger partial charge in [0.1, 0.15) is 6.61 Å². The summed E-state index contributed by atoms with van der Waals surface area (Å²) in [5.74, 6) is 1.11. The lowest BCUT2D eigenvalue weighted by Crippen LogP contribution is -2.17. The Morgan fingerprint density at radius 1 is 1.56 bits per heavy atom. The summed E-state index contributed by atoms with van der Waals surface area (Å²) in [6, 6.07) is 4.10. The third kappa shape index (κ3) is 3.52. The molecule has 2 heterocycles. The van der Waals surface area contributed by atoms with Crippen LogP contribution in [0, 0.1) is 0 Å². The largest absolute Gasteiger partial charge is 0.377 e. The van der Waals surface area contributed by atoms with Crippen LogP contribution in [0.15, 0.2) is 16.7 Å². The number of thiophene rings is 1. The third-order valence-corrected chi connectivity index (χ3v) is 3.78. The van der Waals surface area contributed by atoms with Gasteiger partial charge in [-0.25, -0.2) is 0 Å². The maximum absolute atomic E-state index is 5.90. The Hall–Kier alpha value is -0.950. The Morgan fingerprint density at radius 3 is 3.06 bits per heavy atom. The van der Waals surface area contributed by atoms with Crippen LogP contribution in [0.25, 0.3) is 0 Å².